The molecule has 4 fully saturated rings. The second kappa shape index (κ2) is 5.26. The van der Waals surface area contributed by atoms with Crippen LogP contribution in [0.15, 0.2) is 24.3 Å². The van der Waals surface area contributed by atoms with E-state index >= 15 is 0 Å². The summed E-state index contributed by atoms with van der Waals surface area (Å²) in [6.45, 7) is 3.84. The van der Waals surface area contributed by atoms with E-state index in [1.807, 2.05) is 38.2 Å². The Morgan fingerprint density at radius 2 is 1.21 bits per heavy atom. The molecule has 1 radical (unpaired) electrons. The summed E-state index contributed by atoms with van der Waals surface area (Å²) in [5, 5.41) is 0. The molecule has 6 heterocycles. The van der Waals surface area contributed by atoms with Crippen molar-refractivity contribution in [2.45, 2.75) is 50.1 Å². The summed E-state index contributed by atoms with van der Waals surface area (Å²) in [6, 6.07) is 0. The van der Waals surface area contributed by atoms with Crippen LogP contribution < -0.4 is 0 Å². The Labute approximate surface area is 168 Å². The lowest BCUT2D eigenvalue weighted by Crippen LogP contribution is -2.51. The molecule has 4 amide bonds. The predicted molar refractivity (Wildman–Crippen MR) is 97.5 cm³/mol. The monoisotopic (exact) mass is 395 g/mol. The van der Waals surface area contributed by atoms with Crippen LogP contribution in [0.25, 0.3) is 0 Å². The standard InChI is InChI=1S/C20H20BN2O6/c1-3-19-7-5-9(28-19)11-13(19)17(26)22(15(11)24)21-23-16(25)12-10-6-8-20(4-2,29-10)14(12)18(23)27/h5-14H,3-4H2,1-2H3. The number of rotatable bonds is 4. The fourth-order valence-electron chi connectivity index (χ4n) is 6.22. The Morgan fingerprint density at radius 3 is 1.59 bits per heavy atom. The van der Waals surface area contributed by atoms with Crippen molar-refractivity contribution in [3.05, 3.63) is 24.3 Å². The summed E-state index contributed by atoms with van der Waals surface area (Å²) in [4.78, 5) is 54.3. The van der Waals surface area contributed by atoms with Gasteiger partial charge in [0.15, 0.2) is 0 Å². The van der Waals surface area contributed by atoms with E-state index < -0.39 is 70.7 Å². The van der Waals surface area contributed by atoms with Crippen LogP contribution in [0.1, 0.15) is 26.7 Å². The maximum absolute atomic E-state index is 13.1. The van der Waals surface area contributed by atoms with E-state index in [9.17, 15) is 19.2 Å². The summed E-state index contributed by atoms with van der Waals surface area (Å²) in [7, 11) is 1.12. The van der Waals surface area contributed by atoms with E-state index in [-0.39, 0.29) is 0 Å². The number of hydrogen-bond donors (Lipinski definition) is 0. The highest BCUT2D eigenvalue weighted by molar-refractivity contribution is 6.50. The smallest absolute Gasteiger partial charge is 0.362 e. The van der Waals surface area contributed by atoms with Gasteiger partial charge in [-0.1, -0.05) is 38.2 Å². The topological polar surface area (TPSA) is 93.2 Å². The van der Waals surface area contributed by atoms with Crippen LogP contribution in [0.2, 0.25) is 0 Å². The lowest BCUT2D eigenvalue weighted by Gasteiger charge is -2.29. The summed E-state index contributed by atoms with van der Waals surface area (Å²) >= 11 is 0. The molecule has 149 valence electrons. The summed E-state index contributed by atoms with van der Waals surface area (Å²) < 4.78 is 11.9. The van der Waals surface area contributed by atoms with Gasteiger partial charge in [-0.2, -0.15) is 0 Å². The molecule has 9 heteroatoms. The molecule has 8 atom stereocenters. The Hall–Kier alpha value is -2.26. The number of carbonyl (C=O) groups is 4. The molecular formula is C20H20BN2O6. The van der Waals surface area contributed by atoms with Crippen molar-refractivity contribution >= 4 is 31.2 Å². The van der Waals surface area contributed by atoms with Crippen LogP contribution in [-0.2, 0) is 28.7 Å². The first-order chi connectivity index (χ1) is 13.9. The molecule has 0 aromatic carbocycles. The van der Waals surface area contributed by atoms with Gasteiger partial charge in [-0.05, 0) is 12.8 Å². The van der Waals surface area contributed by atoms with E-state index in [2.05, 4.69) is 0 Å². The molecule has 4 saturated heterocycles. The average molecular weight is 395 g/mol. The van der Waals surface area contributed by atoms with Gasteiger partial charge in [0.2, 0.25) is 23.6 Å². The van der Waals surface area contributed by atoms with Gasteiger partial charge in [0.25, 0.3) is 0 Å². The van der Waals surface area contributed by atoms with Crippen LogP contribution in [0.4, 0.5) is 0 Å². The highest BCUT2D eigenvalue weighted by atomic mass is 16.5. The van der Waals surface area contributed by atoms with E-state index in [0.717, 1.165) is 17.2 Å². The van der Waals surface area contributed by atoms with Gasteiger partial charge < -0.3 is 19.1 Å². The van der Waals surface area contributed by atoms with Gasteiger partial charge in [0, 0.05) is 0 Å². The number of amides is 4. The van der Waals surface area contributed by atoms with Crippen molar-refractivity contribution in [3.63, 3.8) is 0 Å². The Kier molecular flexibility index (Phi) is 3.19. The first-order valence-electron chi connectivity index (χ1n) is 10.2. The number of hydrogen-bond acceptors (Lipinski definition) is 6. The van der Waals surface area contributed by atoms with E-state index in [1.165, 1.54) is 0 Å². The first kappa shape index (κ1) is 17.6. The van der Waals surface area contributed by atoms with Gasteiger partial charge >= 0.3 is 7.55 Å². The molecule has 6 aliphatic rings. The minimum atomic E-state index is -0.774. The largest absolute Gasteiger partial charge is 0.410 e. The second-order valence-electron chi connectivity index (χ2n) is 8.72. The van der Waals surface area contributed by atoms with Crippen molar-refractivity contribution in [2.24, 2.45) is 23.7 Å². The summed E-state index contributed by atoms with van der Waals surface area (Å²) in [6.07, 6.45) is 7.69. The highest BCUT2D eigenvalue weighted by Crippen LogP contribution is 2.55. The molecule has 29 heavy (non-hydrogen) atoms. The maximum atomic E-state index is 13.1. The quantitative estimate of drug-likeness (QED) is 0.377. The van der Waals surface area contributed by atoms with Crippen molar-refractivity contribution in [1.29, 1.82) is 0 Å². The van der Waals surface area contributed by atoms with Gasteiger partial charge in [0.1, 0.15) is 0 Å². The number of fused-ring (bicyclic) bond motifs is 10. The van der Waals surface area contributed by atoms with Crippen LogP contribution in [0.5, 0.6) is 0 Å². The number of carbonyl (C=O) groups excluding carboxylic acids is 4. The zero-order valence-corrected chi connectivity index (χ0v) is 16.1. The molecule has 6 aliphatic heterocycles. The normalized spacial score (nSPS) is 48.5. The Bertz CT molecular complexity index is 873. The van der Waals surface area contributed by atoms with E-state index in [1.54, 1.807) is 0 Å². The van der Waals surface area contributed by atoms with E-state index in [0.29, 0.717) is 12.8 Å². The minimum absolute atomic E-state index is 0.408. The summed E-state index contributed by atoms with van der Waals surface area (Å²) in [5.74, 6) is -4.06. The van der Waals surface area contributed by atoms with Gasteiger partial charge in [0.05, 0.1) is 47.1 Å². The molecule has 4 bridgehead atoms. The predicted octanol–water partition coefficient (Wildman–Crippen LogP) is -0.0422. The van der Waals surface area contributed by atoms with Crippen molar-refractivity contribution < 1.29 is 28.7 Å². The van der Waals surface area contributed by atoms with Gasteiger partial charge in [-0.25, -0.2) is 0 Å². The molecule has 0 aromatic rings. The molecule has 8 unspecified atom stereocenters. The van der Waals surface area contributed by atoms with Crippen molar-refractivity contribution in [3.8, 4) is 0 Å². The van der Waals surface area contributed by atoms with Crippen LogP contribution in [0.3, 0.4) is 0 Å². The molecular weight excluding hydrogens is 375 g/mol. The van der Waals surface area contributed by atoms with Crippen LogP contribution in [0, 0.1) is 23.7 Å². The lowest BCUT2D eigenvalue weighted by atomic mass is 9.76. The fraction of sp³-hybridized carbons (Fsp3) is 0.600. The number of ether oxygens (including phenoxy) is 2. The second-order valence-corrected chi connectivity index (χ2v) is 8.72. The Morgan fingerprint density at radius 1 is 0.793 bits per heavy atom. The molecule has 0 aliphatic carbocycles. The maximum Gasteiger partial charge on any atom is 0.410 e. The van der Waals surface area contributed by atoms with E-state index in [4.69, 9.17) is 9.47 Å². The third-order valence-electron chi connectivity index (χ3n) is 7.71. The molecule has 0 aromatic heterocycles. The fourth-order valence-corrected chi connectivity index (χ4v) is 6.22. The van der Waals surface area contributed by atoms with Crippen molar-refractivity contribution in [2.75, 3.05) is 0 Å². The zero-order chi connectivity index (χ0) is 20.3. The number of imide groups is 2. The SMILES string of the molecule is CCC12C=CC(O1)C1C(=O)N([B]N3C(=O)C4C5C=CC(CC)(O5)C4C3=O)C(=O)C12. The molecule has 0 spiro atoms. The van der Waals surface area contributed by atoms with Gasteiger partial charge in [-0.3, -0.25) is 19.2 Å². The van der Waals surface area contributed by atoms with Crippen molar-refractivity contribution in [1.82, 2.24) is 9.62 Å². The lowest BCUT2D eigenvalue weighted by molar-refractivity contribution is -0.140. The molecule has 0 N–H and O–H groups in total. The zero-order valence-electron chi connectivity index (χ0n) is 16.1. The first-order valence-corrected chi connectivity index (χ1v) is 10.2. The van der Waals surface area contributed by atoms with Crippen LogP contribution in [-0.4, -0.2) is 64.2 Å². The average Bonchev–Trinajstić information content (AvgIpc) is 3.53. The molecule has 6 rings (SSSR count). The van der Waals surface area contributed by atoms with Crippen LogP contribution >= 0.6 is 0 Å². The molecule has 8 nitrogen and oxygen atoms in total. The highest BCUT2D eigenvalue weighted by Gasteiger charge is 2.70. The Balaban J connectivity index is 1.29. The third-order valence-corrected chi connectivity index (χ3v) is 7.71. The third kappa shape index (κ3) is 1.80. The van der Waals surface area contributed by atoms with Gasteiger partial charge in [-0.15, -0.1) is 0 Å². The molecule has 0 saturated carbocycles. The number of nitrogens with zero attached hydrogens (tertiary/aromatic N) is 2. The summed E-state index contributed by atoms with van der Waals surface area (Å²) in [5.41, 5.74) is -1.55. The minimum Gasteiger partial charge on any atom is -0.362 e.